The van der Waals surface area contributed by atoms with Crippen LogP contribution in [0.3, 0.4) is 0 Å². The monoisotopic (exact) mass is 286 g/mol. The van der Waals surface area contributed by atoms with E-state index in [-0.39, 0.29) is 12.1 Å². The van der Waals surface area contributed by atoms with E-state index in [1.54, 1.807) is 22.7 Å². The maximum Gasteiger partial charge on any atom is 0.256 e. The normalized spacial score (nSPS) is 17.9. The fourth-order valence-corrected chi connectivity index (χ4v) is 4.19. The van der Waals surface area contributed by atoms with Gasteiger partial charge in [-0.25, -0.2) is 0 Å². The summed E-state index contributed by atoms with van der Waals surface area (Å²) in [5.74, 6) is 0.00426. The van der Waals surface area contributed by atoms with E-state index in [0.29, 0.717) is 0 Å². The molecule has 3 aromatic rings. The second-order valence-corrected chi connectivity index (χ2v) is 6.40. The Morgan fingerprint density at radius 3 is 2.79 bits per heavy atom. The van der Waals surface area contributed by atoms with Gasteiger partial charge in [-0.3, -0.25) is 4.79 Å². The minimum atomic E-state index is -0.118. The molecule has 0 radical (unpaired) electrons. The lowest BCUT2D eigenvalue weighted by atomic mass is 10.1. The van der Waals surface area contributed by atoms with Crippen molar-refractivity contribution in [3.8, 4) is 0 Å². The summed E-state index contributed by atoms with van der Waals surface area (Å²) in [6.45, 7) is 0. The summed E-state index contributed by atoms with van der Waals surface area (Å²) in [5, 5.41) is 10.4. The van der Waals surface area contributed by atoms with Crippen molar-refractivity contribution in [2.45, 2.75) is 6.17 Å². The molecule has 0 fully saturated rings. The Kier molecular flexibility index (Phi) is 2.36. The summed E-state index contributed by atoms with van der Waals surface area (Å²) in [4.78, 5) is 13.4. The topological polar surface area (TPSA) is 41.1 Å². The first kappa shape index (κ1) is 11.0. The van der Waals surface area contributed by atoms with Gasteiger partial charge in [-0.1, -0.05) is 24.3 Å². The van der Waals surface area contributed by atoms with Crippen LogP contribution in [0.5, 0.6) is 0 Å². The van der Waals surface area contributed by atoms with Crippen LogP contribution in [0.4, 0.5) is 5.00 Å². The quantitative estimate of drug-likeness (QED) is 0.714. The van der Waals surface area contributed by atoms with Crippen LogP contribution >= 0.6 is 22.7 Å². The Morgan fingerprint density at radius 1 is 1.05 bits per heavy atom. The van der Waals surface area contributed by atoms with Crippen molar-refractivity contribution in [3.63, 3.8) is 0 Å². The fourth-order valence-electron chi connectivity index (χ4n) is 2.34. The highest BCUT2D eigenvalue weighted by Crippen LogP contribution is 2.40. The molecule has 3 nitrogen and oxygen atoms in total. The number of fused-ring (bicyclic) bond motifs is 3. The molecule has 0 saturated carbocycles. The zero-order valence-electron chi connectivity index (χ0n) is 9.84. The van der Waals surface area contributed by atoms with E-state index in [9.17, 15) is 4.79 Å². The number of anilines is 1. The molecule has 0 unspecified atom stereocenters. The summed E-state index contributed by atoms with van der Waals surface area (Å²) in [6.07, 6.45) is -0.118. The Morgan fingerprint density at radius 2 is 1.95 bits per heavy atom. The van der Waals surface area contributed by atoms with Gasteiger partial charge in [-0.2, -0.15) is 0 Å². The highest BCUT2D eigenvalue weighted by Gasteiger charge is 2.28. The lowest BCUT2D eigenvalue weighted by Gasteiger charge is -2.24. The first-order valence-electron chi connectivity index (χ1n) is 5.95. The predicted molar refractivity (Wildman–Crippen MR) is 80.0 cm³/mol. The molecule has 1 aromatic carbocycles. The Hall–Kier alpha value is -1.85. The molecule has 0 aliphatic carbocycles. The van der Waals surface area contributed by atoms with Crippen LogP contribution in [0.2, 0.25) is 0 Å². The maximum atomic E-state index is 12.3. The lowest BCUT2D eigenvalue weighted by Crippen LogP contribution is -2.37. The van der Waals surface area contributed by atoms with Crippen LogP contribution in [0.1, 0.15) is 21.4 Å². The molecule has 94 valence electrons. The van der Waals surface area contributed by atoms with E-state index in [4.69, 9.17) is 0 Å². The van der Waals surface area contributed by atoms with Crippen LogP contribution in [-0.2, 0) is 0 Å². The van der Waals surface area contributed by atoms with Crippen LogP contribution in [0.15, 0.2) is 41.8 Å². The molecule has 0 spiro atoms. The molecule has 2 aromatic heterocycles. The van der Waals surface area contributed by atoms with E-state index >= 15 is 0 Å². The second kappa shape index (κ2) is 4.08. The van der Waals surface area contributed by atoms with Gasteiger partial charge < -0.3 is 10.6 Å². The van der Waals surface area contributed by atoms with E-state index < -0.39 is 0 Å². The van der Waals surface area contributed by atoms with Gasteiger partial charge >= 0.3 is 0 Å². The average Bonchev–Trinajstić information content (AvgIpc) is 3.05. The lowest BCUT2D eigenvalue weighted by molar-refractivity contribution is 0.0939. The zero-order chi connectivity index (χ0) is 12.8. The average molecular weight is 286 g/mol. The molecule has 1 atom stereocenters. The van der Waals surface area contributed by atoms with Crippen LogP contribution < -0.4 is 10.6 Å². The number of carbonyl (C=O) groups is 1. The minimum Gasteiger partial charge on any atom is -0.352 e. The minimum absolute atomic E-state index is 0.00426. The largest absolute Gasteiger partial charge is 0.352 e. The number of amides is 1. The number of hydrogen-bond donors (Lipinski definition) is 2. The molecular formula is C14H10N2OS2. The van der Waals surface area contributed by atoms with Gasteiger partial charge in [-0.15, -0.1) is 22.7 Å². The Balaban J connectivity index is 1.85. The highest BCUT2D eigenvalue weighted by molar-refractivity contribution is 7.23. The van der Waals surface area contributed by atoms with Gasteiger partial charge in [0.25, 0.3) is 5.91 Å². The molecule has 1 aliphatic rings. The number of rotatable bonds is 1. The molecule has 1 aliphatic heterocycles. The first-order chi connectivity index (χ1) is 9.33. The zero-order valence-corrected chi connectivity index (χ0v) is 11.5. The van der Waals surface area contributed by atoms with Gasteiger partial charge in [0.1, 0.15) is 11.2 Å². The van der Waals surface area contributed by atoms with Gasteiger partial charge in [0.2, 0.25) is 0 Å². The number of thiophene rings is 2. The van der Waals surface area contributed by atoms with E-state index in [0.717, 1.165) is 25.5 Å². The molecule has 5 heteroatoms. The summed E-state index contributed by atoms with van der Waals surface area (Å²) in [7, 11) is 0. The van der Waals surface area contributed by atoms with Crippen molar-refractivity contribution in [3.05, 3.63) is 52.2 Å². The highest BCUT2D eigenvalue weighted by atomic mass is 32.1. The molecule has 0 saturated heterocycles. The standard InChI is InChI=1S/C14H10N2OS2/c17-13-11-8-4-1-2-5-9(8)19-14(11)16-12(15-13)10-6-3-7-18-10/h1-7,12,16H,(H,15,17)/t12-/m1/s1. The number of nitrogens with one attached hydrogen (secondary N) is 2. The van der Waals surface area contributed by atoms with E-state index in [2.05, 4.69) is 10.6 Å². The van der Waals surface area contributed by atoms with E-state index in [1.807, 2.05) is 41.8 Å². The predicted octanol–water partition coefficient (Wildman–Crippen LogP) is 3.82. The maximum absolute atomic E-state index is 12.3. The first-order valence-corrected chi connectivity index (χ1v) is 7.65. The molecule has 2 N–H and O–H groups in total. The SMILES string of the molecule is O=C1N[C@@H](c2cccs2)Nc2sc3ccccc3c21. The summed E-state index contributed by atoms with van der Waals surface area (Å²) >= 11 is 3.28. The number of hydrogen-bond acceptors (Lipinski definition) is 4. The van der Waals surface area contributed by atoms with Crippen molar-refractivity contribution in [1.82, 2.24) is 5.32 Å². The van der Waals surface area contributed by atoms with Gasteiger partial charge in [-0.05, 0) is 17.5 Å². The van der Waals surface area contributed by atoms with Crippen LogP contribution in [0.25, 0.3) is 10.1 Å². The second-order valence-electron chi connectivity index (χ2n) is 4.37. The van der Waals surface area contributed by atoms with Crippen LogP contribution in [0, 0.1) is 0 Å². The summed E-state index contributed by atoms with van der Waals surface area (Å²) < 4.78 is 1.14. The third-order valence-corrected chi connectivity index (χ3v) is 5.24. The van der Waals surface area contributed by atoms with Crippen molar-refractivity contribution >= 4 is 43.7 Å². The third-order valence-electron chi connectivity index (χ3n) is 3.20. The van der Waals surface area contributed by atoms with Crippen molar-refractivity contribution in [2.75, 3.05) is 5.32 Å². The van der Waals surface area contributed by atoms with Gasteiger partial charge in [0, 0.05) is 15.0 Å². The summed E-state index contributed by atoms with van der Waals surface area (Å²) in [5.41, 5.74) is 0.772. The molecule has 1 amide bonds. The molecule has 4 rings (SSSR count). The van der Waals surface area contributed by atoms with Crippen molar-refractivity contribution in [1.29, 1.82) is 0 Å². The Labute approximate surface area is 117 Å². The molecule has 0 bridgehead atoms. The van der Waals surface area contributed by atoms with Crippen LogP contribution in [-0.4, -0.2) is 5.91 Å². The Bertz CT molecular complexity index is 761. The van der Waals surface area contributed by atoms with Crippen molar-refractivity contribution < 1.29 is 4.79 Å². The fraction of sp³-hybridized carbons (Fsp3) is 0.0714. The summed E-state index contributed by atoms with van der Waals surface area (Å²) in [6, 6.07) is 12.0. The van der Waals surface area contributed by atoms with Gasteiger partial charge in [0.15, 0.2) is 0 Å². The number of carbonyl (C=O) groups excluding carboxylic acids is 1. The molecular weight excluding hydrogens is 276 g/mol. The third kappa shape index (κ3) is 1.66. The number of benzene rings is 1. The van der Waals surface area contributed by atoms with Gasteiger partial charge in [0.05, 0.1) is 5.56 Å². The smallest absolute Gasteiger partial charge is 0.256 e. The molecule has 3 heterocycles. The molecule has 19 heavy (non-hydrogen) atoms. The van der Waals surface area contributed by atoms with E-state index in [1.165, 1.54) is 0 Å². The van der Waals surface area contributed by atoms with Crippen molar-refractivity contribution in [2.24, 2.45) is 0 Å².